The van der Waals surface area contributed by atoms with Gasteiger partial charge in [-0.05, 0) is 43.3 Å². The number of para-hydroxylation sites is 1. The van der Waals surface area contributed by atoms with Crippen molar-refractivity contribution in [2.24, 2.45) is 0 Å². The number of nitrogens with one attached hydrogen (secondary N) is 1. The Hall–Kier alpha value is -2.93. The highest BCUT2D eigenvalue weighted by molar-refractivity contribution is 6.04. The Balaban J connectivity index is 1.68. The van der Waals surface area contributed by atoms with Crippen molar-refractivity contribution in [2.45, 2.75) is 13.0 Å². The van der Waals surface area contributed by atoms with Gasteiger partial charge in [0.1, 0.15) is 11.6 Å². The molecule has 0 aliphatic carbocycles. The van der Waals surface area contributed by atoms with E-state index in [9.17, 15) is 14.0 Å². The number of anilines is 1. The number of hydrogen-bond acceptors (Lipinski definition) is 4. The van der Waals surface area contributed by atoms with Crippen molar-refractivity contribution < 1.29 is 23.5 Å². The van der Waals surface area contributed by atoms with Crippen LogP contribution in [0.4, 0.5) is 10.1 Å². The number of ether oxygens (including phenoxy) is 2. The summed E-state index contributed by atoms with van der Waals surface area (Å²) in [6.45, 7) is 3.63. The molecule has 0 unspecified atom stereocenters. The molecule has 2 amide bonds. The summed E-state index contributed by atoms with van der Waals surface area (Å²) >= 11 is 0. The van der Waals surface area contributed by atoms with Gasteiger partial charge in [0, 0.05) is 13.1 Å². The molecular weight excluding hydrogens is 351 g/mol. The highest BCUT2D eigenvalue weighted by Crippen LogP contribution is 2.19. The lowest BCUT2D eigenvalue weighted by Gasteiger charge is -2.27. The molecule has 0 aromatic heterocycles. The first-order chi connectivity index (χ1) is 13.0. The van der Waals surface area contributed by atoms with Crippen molar-refractivity contribution in [1.82, 2.24) is 4.90 Å². The second-order valence-electron chi connectivity index (χ2n) is 6.15. The van der Waals surface area contributed by atoms with Gasteiger partial charge in [-0.15, -0.1) is 0 Å². The lowest BCUT2D eigenvalue weighted by Crippen LogP contribution is -2.41. The van der Waals surface area contributed by atoms with Crippen LogP contribution in [0.25, 0.3) is 0 Å². The molecule has 1 aliphatic rings. The first-order valence-electron chi connectivity index (χ1n) is 8.74. The molecule has 27 heavy (non-hydrogen) atoms. The average Bonchev–Trinajstić information content (AvgIpc) is 2.70. The number of amides is 2. The van der Waals surface area contributed by atoms with Crippen molar-refractivity contribution in [3.8, 4) is 5.75 Å². The number of carbonyl (C=O) groups is 2. The molecule has 3 rings (SSSR count). The molecule has 1 saturated heterocycles. The number of morpholine rings is 1. The standard InChI is InChI=1S/C20H21FN2O4/c1-14(27-16-8-6-15(21)7-9-16)19(24)22-18-5-3-2-4-17(18)20(25)23-10-12-26-13-11-23/h2-9,14H,10-13H2,1H3,(H,22,24)/t14-/m0/s1. The Morgan fingerprint density at radius 2 is 1.78 bits per heavy atom. The maximum Gasteiger partial charge on any atom is 0.265 e. The molecule has 1 aliphatic heterocycles. The molecule has 0 spiro atoms. The minimum absolute atomic E-state index is 0.152. The average molecular weight is 372 g/mol. The van der Waals surface area contributed by atoms with Crippen LogP contribution in [0.5, 0.6) is 5.75 Å². The molecule has 0 bridgehead atoms. The predicted molar refractivity (Wildman–Crippen MR) is 98.3 cm³/mol. The van der Waals surface area contributed by atoms with E-state index in [0.29, 0.717) is 43.3 Å². The molecule has 7 heteroatoms. The van der Waals surface area contributed by atoms with Crippen LogP contribution >= 0.6 is 0 Å². The van der Waals surface area contributed by atoms with Crippen LogP contribution in [-0.2, 0) is 9.53 Å². The van der Waals surface area contributed by atoms with Gasteiger partial charge in [0.2, 0.25) is 0 Å². The molecule has 1 fully saturated rings. The van der Waals surface area contributed by atoms with Gasteiger partial charge < -0.3 is 19.7 Å². The quantitative estimate of drug-likeness (QED) is 0.876. The molecule has 142 valence electrons. The third-order valence-electron chi connectivity index (χ3n) is 4.21. The van der Waals surface area contributed by atoms with Gasteiger partial charge in [0.15, 0.2) is 6.10 Å². The van der Waals surface area contributed by atoms with E-state index in [0.717, 1.165) is 0 Å². The lowest BCUT2D eigenvalue weighted by atomic mass is 10.1. The Labute approximate surface area is 156 Å². The van der Waals surface area contributed by atoms with E-state index >= 15 is 0 Å². The van der Waals surface area contributed by atoms with E-state index in [2.05, 4.69) is 5.32 Å². The summed E-state index contributed by atoms with van der Waals surface area (Å²) in [5, 5.41) is 2.75. The number of benzene rings is 2. The van der Waals surface area contributed by atoms with Crippen molar-refractivity contribution in [3.05, 3.63) is 59.9 Å². The van der Waals surface area contributed by atoms with E-state index in [4.69, 9.17) is 9.47 Å². The van der Waals surface area contributed by atoms with Crippen molar-refractivity contribution >= 4 is 17.5 Å². The second-order valence-corrected chi connectivity index (χ2v) is 6.15. The molecule has 0 radical (unpaired) electrons. The van der Waals surface area contributed by atoms with Gasteiger partial charge in [0.05, 0.1) is 24.5 Å². The summed E-state index contributed by atoms with van der Waals surface area (Å²) in [5.74, 6) is -0.547. The third kappa shape index (κ3) is 4.83. The second kappa shape index (κ2) is 8.64. The maximum absolute atomic E-state index is 13.0. The van der Waals surface area contributed by atoms with Crippen molar-refractivity contribution in [1.29, 1.82) is 0 Å². The summed E-state index contributed by atoms with van der Waals surface area (Å²) in [6.07, 6.45) is -0.818. The van der Waals surface area contributed by atoms with Gasteiger partial charge >= 0.3 is 0 Å². The topological polar surface area (TPSA) is 67.9 Å². The molecule has 0 saturated carbocycles. The minimum atomic E-state index is -0.818. The Kier molecular flexibility index (Phi) is 6.03. The number of rotatable bonds is 5. The predicted octanol–water partition coefficient (Wildman–Crippen LogP) is 2.70. The van der Waals surface area contributed by atoms with Crippen LogP contribution in [0.2, 0.25) is 0 Å². The molecule has 2 aromatic rings. The summed E-state index contributed by atoms with van der Waals surface area (Å²) in [7, 11) is 0. The third-order valence-corrected chi connectivity index (χ3v) is 4.21. The van der Waals surface area contributed by atoms with Crippen LogP contribution in [0.1, 0.15) is 17.3 Å². The molecule has 1 heterocycles. The number of hydrogen-bond donors (Lipinski definition) is 1. The van der Waals surface area contributed by atoms with Gasteiger partial charge in [-0.3, -0.25) is 9.59 Å². The van der Waals surface area contributed by atoms with Crippen LogP contribution in [-0.4, -0.2) is 49.1 Å². The molecular formula is C20H21FN2O4. The zero-order valence-corrected chi connectivity index (χ0v) is 15.0. The molecule has 2 aromatic carbocycles. The molecule has 6 nitrogen and oxygen atoms in total. The van der Waals surface area contributed by atoms with Gasteiger partial charge in [-0.25, -0.2) is 4.39 Å². The highest BCUT2D eigenvalue weighted by Gasteiger charge is 2.23. The lowest BCUT2D eigenvalue weighted by molar-refractivity contribution is -0.122. The van der Waals surface area contributed by atoms with E-state index < -0.39 is 12.0 Å². The van der Waals surface area contributed by atoms with Crippen molar-refractivity contribution in [3.63, 3.8) is 0 Å². The number of carbonyl (C=O) groups excluding carboxylic acids is 2. The normalized spacial score (nSPS) is 15.1. The minimum Gasteiger partial charge on any atom is -0.481 e. The first-order valence-corrected chi connectivity index (χ1v) is 8.74. The maximum atomic E-state index is 13.0. The van der Waals surface area contributed by atoms with Crippen LogP contribution in [0.15, 0.2) is 48.5 Å². The van der Waals surface area contributed by atoms with E-state index in [1.807, 2.05) is 0 Å². The Bertz CT molecular complexity index is 804. The summed E-state index contributed by atoms with van der Waals surface area (Å²) < 4.78 is 23.8. The number of halogens is 1. The number of nitrogens with zero attached hydrogens (tertiary/aromatic N) is 1. The highest BCUT2D eigenvalue weighted by atomic mass is 19.1. The fraction of sp³-hybridized carbons (Fsp3) is 0.300. The van der Waals surface area contributed by atoms with Gasteiger partial charge in [0.25, 0.3) is 11.8 Å². The van der Waals surface area contributed by atoms with Crippen molar-refractivity contribution in [2.75, 3.05) is 31.6 Å². The summed E-state index contributed by atoms with van der Waals surface area (Å²) in [6, 6.07) is 12.3. The van der Waals surface area contributed by atoms with E-state index in [-0.39, 0.29) is 11.7 Å². The SMILES string of the molecule is C[C@H](Oc1ccc(F)cc1)C(=O)Nc1ccccc1C(=O)N1CCOCC1. The van der Waals surface area contributed by atoms with Crippen LogP contribution < -0.4 is 10.1 Å². The zero-order chi connectivity index (χ0) is 19.2. The van der Waals surface area contributed by atoms with Gasteiger partial charge in [-0.1, -0.05) is 12.1 Å². The van der Waals surface area contributed by atoms with Gasteiger partial charge in [-0.2, -0.15) is 0 Å². The van der Waals surface area contributed by atoms with Crippen LogP contribution in [0, 0.1) is 5.82 Å². The molecule has 1 N–H and O–H groups in total. The summed E-state index contributed by atoms with van der Waals surface area (Å²) in [4.78, 5) is 26.9. The Morgan fingerprint density at radius 3 is 2.48 bits per heavy atom. The molecule has 1 atom stereocenters. The smallest absolute Gasteiger partial charge is 0.265 e. The largest absolute Gasteiger partial charge is 0.481 e. The fourth-order valence-electron chi connectivity index (χ4n) is 2.72. The monoisotopic (exact) mass is 372 g/mol. The van der Waals surface area contributed by atoms with E-state index in [1.165, 1.54) is 24.3 Å². The zero-order valence-electron chi connectivity index (χ0n) is 15.0. The van der Waals surface area contributed by atoms with E-state index in [1.54, 1.807) is 36.1 Å². The summed E-state index contributed by atoms with van der Waals surface area (Å²) in [5.41, 5.74) is 0.843. The van der Waals surface area contributed by atoms with Crippen LogP contribution in [0.3, 0.4) is 0 Å². The Morgan fingerprint density at radius 1 is 1.11 bits per heavy atom. The first kappa shape index (κ1) is 18.8. The fourth-order valence-corrected chi connectivity index (χ4v) is 2.72.